The monoisotopic (exact) mass is 232 g/mol. The number of amides is 1. The van der Waals surface area contributed by atoms with Gasteiger partial charge >= 0.3 is 0 Å². The molecular formula is C13H16N2O2. The number of rotatable bonds is 3. The highest BCUT2D eigenvalue weighted by molar-refractivity contribution is 5.81. The number of benzene rings is 1. The van der Waals surface area contributed by atoms with Gasteiger partial charge in [0, 0.05) is 6.04 Å². The predicted molar refractivity (Wildman–Crippen MR) is 63.6 cm³/mol. The molecule has 0 bridgehead atoms. The smallest absolute Gasteiger partial charge is 0.238 e. The molecule has 0 radical (unpaired) electrons. The Balaban J connectivity index is 1.89. The molecule has 3 rings (SSSR count). The van der Waals surface area contributed by atoms with E-state index in [1.807, 2.05) is 29.2 Å². The first-order chi connectivity index (χ1) is 8.29. The molecule has 4 heteroatoms. The normalized spacial score (nSPS) is 24.2. The lowest BCUT2D eigenvalue weighted by Gasteiger charge is -2.24. The maximum atomic E-state index is 11.8. The van der Waals surface area contributed by atoms with Gasteiger partial charge in [-0.25, -0.2) is 0 Å². The van der Waals surface area contributed by atoms with Gasteiger partial charge in [0.05, 0.1) is 13.7 Å². The molecule has 1 aromatic rings. The van der Waals surface area contributed by atoms with E-state index in [-0.39, 0.29) is 12.1 Å². The highest BCUT2D eigenvalue weighted by Gasteiger charge is 2.41. The summed E-state index contributed by atoms with van der Waals surface area (Å²) < 4.78 is 5.22. The van der Waals surface area contributed by atoms with Crippen LogP contribution in [0.15, 0.2) is 24.3 Å². The SMILES string of the molecule is COc1cccc(C2NCC(=O)N2C2CC2)c1. The van der Waals surface area contributed by atoms with Crippen molar-refractivity contribution >= 4 is 5.91 Å². The fourth-order valence-corrected chi connectivity index (χ4v) is 2.37. The number of methoxy groups -OCH3 is 1. The summed E-state index contributed by atoms with van der Waals surface area (Å²) in [5, 5.41) is 3.27. The van der Waals surface area contributed by atoms with Gasteiger partial charge in [0.25, 0.3) is 0 Å². The molecule has 2 aliphatic rings. The zero-order valence-electron chi connectivity index (χ0n) is 9.85. The first-order valence-electron chi connectivity index (χ1n) is 5.98. The highest BCUT2D eigenvalue weighted by atomic mass is 16.5. The van der Waals surface area contributed by atoms with Crippen molar-refractivity contribution in [1.82, 2.24) is 10.2 Å². The molecular weight excluding hydrogens is 216 g/mol. The summed E-state index contributed by atoms with van der Waals surface area (Å²) in [5.41, 5.74) is 1.10. The second-order valence-electron chi connectivity index (χ2n) is 4.59. The van der Waals surface area contributed by atoms with Crippen molar-refractivity contribution in [2.24, 2.45) is 0 Å². The molecule has 1 saturated heterocycles. The Hall–Kier alpha value is -1.55. The largest absolute Gasteiger partial charge is 0.497 e. The summed E-state index contributed by atoms with van der Waals surface area (Å²) in [6, 6.07) is 8.35. The van der Waals surface area contributed by atoms with E-state index in [0.29, 0.717) is 12.6 Å². The minimum atomic E-state index is 0.0186. The minimum absolute atomic E-state index is 0.0186. The quantitative estimate of drug-likeness (QED) is 0.853. The van der Waals surface area contributed by atoms with E-state index in [1.165, 1.54) is 0 Å². The number of nitrogens with one attached hydrogen (secondary N) is 1. The van der Waals surface area contributed by atoms with Crippen LogP contribution < -0.4 is 10.1 Å². The Labute approximate surface area is 101 Å². The molecule has 1 aromatic carbocycles. The van der Waals surface area contributed by atoms with E-state index in [1.54, 1.807) is 7.11 Å². The van der Waals surface area contributed by atoms with Crippen LogP contribution in [-0.4, -0.2) is 30.5 Å². The number of nitrogens with zero attached hydrogens (tertiary/aromatic N) is 1. The highest BCUT2D eigenvalue weighted by Crippen LogP contribution is 2.36. The molecule has 4 nitrogen and oxygen atoms in total. The van der Waals surface area contributed by atoms with Gasteiger partial charge in [0.2, 0.25) is 5.91 Å². The van der Waals surface area contributed by atoms with Crippen molar-refractivity contribution < 1.29 is 9.53 Å². The molecule has 1 atom stereocenters. The van der Waals surface area contributed by atoms with Gasteiger partial charge in [-0.2, -0.15) is 0 Å². The van der Waals surface area contributed by atoms with Crippen molar-refractivity contribution in [2.45, 2.75) is 25.0 Å². The molecule has 1 unspecified atom stereocenters. The van der Waals surface area contributed by atoms with Crippen molar-refractivity contribution in [3.05, 3.63) is 29.8 Å². The summed E-state index contributed by atoms with van der Waals surface area (Å²) in [6.07, 6.45) is 2.28. The van der Waals surface area contributed by atoms with Gasteiger partial charge in [0.1, 0.15) is 11.9 Å². The molecule has 2 fully saturated rings. The van der Waals surface area contributed by atoms with E-state index in [2.05, 4.69) is 5.32 Å². The Morgan fingerprint density at radius 3 is 2.94 bits per heavy atom. The van der Waals surface area contributed by atoms with Crippen LogP contribution in [0.2, 0.25) is 0 Å². The second kappa shape index (κ2) is 4.04. The molecule has 1 aliphatic carbocycles. The molecule has 1 aliphatic heterocycles. The lowest BCUT2D eigenvalue weighted by Crippen LogP contribution is -2.32. The molecule has 1 saturated carbocycles. The summed E-state index contributed by atoms with van der Waals surface area (Å²) in [5.74, 6) is 1.04. The van der Waals surface area contributed by atoms with Crippen LogP contribution in [0.3, 0.4) is 0 Å². The molecule has 1 N–H and O–H groups in total. The Kier molecular flexibility index (Phi) is 2.52. The van der Waals surface area contributed by atoms with Crippen molar-refractivity contribution in [3.8, 4) is 5.75 Å². The van der Waals surface area contributed by atoms with Crippen molar-refractivity contribution in [1.29, 1.82) is 0 Å². The van der Waals surface area contributed by atoms with Gasteiger partial charge < -0.3 is 9.64 Å². The second-order valence-corrected chi connectivity index (χ2v) is 4.59. The van der Waals surface area contributed by atoms with Gasteiger partial charge in [-0.15, -0.1) is 0 Å². The van der Waals surface area contributed by atoms with E-state index < -0.39 is 0 Å². The topological polar surface area (TPSA) is 41.6 Å². The first kappa shape index (κ1) is 10.6. The van der Waals surface area contributed by atoms with Crippen LogP contribution in [0.1, 0.15) is 24.6 Å². The van der Waals surface area contributed by atoms with Gasteiger partial charge in [-0.1, -0.05) is 12.1 Å². The first-order valence-corrected chi connectivity index (χ1v) is 5.98. The van der Waals surface area contributed by atoms with Crippen LogP contribution in [0.5, 0.6) is 5.75 Å². The number of carbonyl (C=O) groups is 1. The third kappa shape index (κ3) is 1.89. The van der Waals surface area contributed by atoms with Crippen LogP contribution in [0, 0.1) is 0 Å². The maximum absolute atomic E-state index is 11.8. The molecule has 17 heavy (non-hydrogen) atoms. The summed E-state index contributed by atoms with van der Waals surface area (Å²) in [7, 11) is 1.66. The number of hydrogen-bond donors (Lipinski definition) is 1. The Morgan fingerprint density at radius 1 is 1.41 bits per heavy atom. The van der Waals surface area contributed by atoms with Crippen molar-refractivity contribution in [2.75, 3.05) is 13.7 Å². The lowest BCUT2D eigenvalue weighted by molar-refractivity contribution is -0.128. The average Bonchev–Trinajstić information content (AvgIpc) is 3.12. The fraction of sp³-hybridized carbons (Fsp3) is 0.462. The van der Waals surface area contributed by atoms with Gasteiger partial charge in [0.15, 0.2) is 0 Å². The van der Waals surface area contributed by atoms with E-state index in [9.17, 15) is 4.79 Å². The zero-order chi connectivity index (χ0) is 11.8. The molecule has 1 heterocycles. The number of carbonyl (C=O) groups excluding carboxylic acids is 1. The molecule has 1 amide bonds. The number of ether oxygens (including phenoxy) is 1. The van der Waals surface area contributed by atoms with Crippen LogP contribution >= 0.6 is 0 Å². The van der Waals surface area contributed by atoms with E-state index in [4.69, 9.17) is 4.74 Å². The fourth-order valence-electron chi connectivity index (χ4n) is 2.37. The zero-order valence-corrected chi connectivity index (χ0v) is 9.85. The van der Waals surface area contributed by atoms with Crippen molar-refractivity contribution in [3.63, 3.8) is 0 Å². The Morgan fingerprint density at radius 2 is 2.24 bits per heavy atom. The minimum Gasteiger partial charge on any atom is -0.497 e. The van der Waals surface area contributed by atoms with Crippen LogP contribution in [0.4, 0.5) is 0 Å². The van der Waals surface area contributed by atoms with Crippen LogP contribution in [-0.2, 0) is 4.79 Å². The van der Waals surface area contributed by atoms with E-state index >= 15 is 0 Å². The summed E-state index contributed by atoms with van der Waals surface area (Å²) >= 11 is 0. The van der Waals surface area contributed by atoms with E-state index in [0.717, 1.165) is 24.2 Å². The standard InChI is InChI=1S/C13H16N2O2/c1-17-11-4-2-3-9(7-11)13-14-8-12(16)15(13)10-5-6-10/h2-4,7,10,13-14H,5-6,8H2,1H3. The summed E-state index contributed by atoms with van der Waals surface area (Å²) in [6.45, 7) is 0.443. The van der Waals surface area contributed by atoms with Crippen LogP contribution in [0.25, 0.3) is 0 Å². The molecule has 0 aromatic heterocycles. The number of hydrogen-bond acceptors (Lipinski definition) is 3. The Bertz CT molecular complexity index is 443. The third-order valence-electron chi connectivity index (χ3n) is 3.36. The maximum Gasteiger partial charge on any atom is 0.238 e. The molecule has 90 valence electrons. The molecule has 0 spiro atoms. The third-order valence-corrected chi connectivity index (χ3v) is 3.36. The van der Waals surface area contributed by atoms with Gasteiger partial charge in [-0.3, -0.25) is 10.1 Å². The summed E-state index contributed by atoms with van der Waals surface area (Å²) in [4.78, 5) is 13.8. The lowest BCUT2D eigenvalue weighted by atomic mass is 10.1. The average molecular weight is 232 g/mol. The van der Waals surface area contributed by atoms with Gasteiger partial charge in [-0.05, 0) is 30.5 Å². The predicted octanol–water partition coefficient (Wildman–Crippen LogP) is 1.29.